The highest BCUT2D eigenvalue weighted by Gasteiger charge is 2.38. The quantitative estimate of drug-likeness (QED) is 0.519. The molecule has 0 spiro atoms. The molecule has 2 N–H and O–H groups in total. The van der Waals surface area contributed by atoms with Crippen molar-refractivity contribution in [2.45, 2.75) is 16.4 Å². The highest BCUT2D eigenvalue weighted by molar-refractivity contribution is 7.99. The number of hydrogen-bond donors (Lipinski definition) is 1. The minimum absolute atomic E-state index is 0.134. The molecule has 20 heavy (non-hydrogen) atoms. The van der Waals surface area contributed by atoms with Crippen molar-refractivity contribution in [3.05, 3.63) is 34.3 Å². The molecule has 12 heteroatoms. The third kappa shape index (κ3) is 2.64. The zero-order chi connectivity index (χ0) is 14.9. The minimum atomic E-state index is -4.77. The second-order valence-electron chi connectivity index (χ2n) is 3.36. The van der Waals surface area contributed by atoms with Crippen molar-refractivity contribution in [1.82, 2.24) is 19.9 Å². The van der Waals surface area contributed by atoms with Gasteiger partial charge in [0.2, 0.25) is 5.16 Å². The van der Waals surface area contributed by atoms with Crippen molar-refractivity contribution in [1.29, 1.82) is 0 Å². The molecule has 0 amide bonds. The van der Waals surface area contributed by atoms with Crippen LogP contribution >= 0.6 is 11.8 Å². The number of nitro groups is 1. The number of aromatic nitrogens is 4. The van der Waals surface area contributed by atoms with E-state index in [9.17, 15) is 23.3 Å². The molecule has 0 saturated carbocycles. The van der Waals surface area contributed by atoms with Crippen LogP contribution in [0.25, 0.3) is 0 Å². The summed E-state index contributed by atoms with van der Waals surface area (Å²) >= 11 is 0.518. The van der Waals surface area contributed by atoms with Crippen LogP contribution in [0.5, 0.6) is 0 Å². The van der Waals surface area contributed by atoms with E-state index in [4.69, 9.17) is 5.84 Å². The fourth-order valence-corrected chi connectivity index (χ4v) is 2.03. The monoisotopic (exact) mass is 306 g/mol. The Kier molecular flexibility index (Phi) is 3.48. The standard InChI is InChI=1S/C8H5F3N6O2S/c9-8(10,11)6-14-15-7(16(6)12)20-5-4(17(18)19)2-1-3-13-5/h1-3H,12H2. The maximum absolute atomic E-state index is 12.5. The number of alkyl halides is 3. The first kappa shape index (κ1) is 14.0. The van der Waals surface area contributed by atoms with Gasteiger partial charge in [-0.2, -0.15) is 13.2 Å². The topological polar surface area (TPSA) is 113 Å². The van der Waals surface area contributed by atoms with Gasteiger partial charge in [0.25, 0.3) is 5.82 Å². The summed E-state index contributed by atoms with van der Waals surface area (Å²) in [6.07, 6.45) is -3.51. The van der Waals surface area contributed by atoms with Gasteiger partial charge in [-0.25, -0.2) is 9.66 Å². The van der Waals surface area contributed by atoms with Gasteiger partial charge in [0, 0.05) is 12.3 Å². The van der Waals surface area contributed by atoms with Gasteiger partial charge in [-0.1, -0.05) is 0 Å². The lowest BCUT2D eigenvalue weighted by Gasteiger charge is -2.05. The molecule has 0 radical (unpaired) electrons. The van der Waals surface area contributed by atoms with Gasteiger partial charge in [0.1, 0.15) is 0 Å². The second kappa shape index (κ2) is 4.96. The highest BCUT2D eigenvalue weighted by Crippen LogP contribution is 2.34. The zero-order valence-electron chi connectivity index (χ0n) is 9.40. The van der Waals surface area contributed by atoms with Crippen molar-refractivity contribution in [3.8, 4) is 0 Å². The number of nitrogens with two attached hydrogens (primary N) is 1. The molecule has 0 aliphatic carbocycles. The summed E-state index contributed by atoms with van der Waals surface area (Å²) in [6, 6.07) is 2.49. The first-order chi connectivity index (χ1) is 9.30. The van der Waals surface area contributed by atoms with Crippen molar-refractivity contribution in [3.63, 3.8) is 0 Å². The average Bonchev–Trinajstić information content (AvgIpc) is 2.71. The van der Waals surface area contributed by atoms with Crippen LogP contribution in [0.1, 0.15) is 5.82 Å². The maximum Gasteiger partial charge on any atom is 0.453 e. The molecule has 2 rings (SSSR count). The van der Waals surface area contributed by atoms with Gasteiger partial charge in [-0.15, -0.1) is 10.2 Å². The molecule has 2 heterocycles. The SMILES string of the molecule is Nn1c(Sc2ncccc2[N+](=O)[O-])nnc1C(F)(F)F. The van der Waals surface area contributed by atoms with Gasteiger partial charge in [0.15, 0.2) is 5.03 Å². The Balaban J connectivity index is 2.37. The predicted octanol–water partition coefficient (Wildman–Crippen LogP) is 1.47. The van der Waals surface area contributed by atoms with E-state index in [0.29, 0.717) is 11.8 Å². The number of halogens is 3. The molecule has 0 unspecified atom stereocenters. The Morgan fingerprint density at radius 2 is 2.10 bits per heavy atom. The van der Waals surface area contributed by atoms with Crippen LogP contribution in [0.3, 0.4) is 0 Å². The average molecular weight is 306 g/mol. The van der Waals surface area contributed by atoms with Crippen LogP contribution in [0.2, 0.25) is 0 Å². The van der Waals surface area contributed by atoms with Gasteiger partial charge in [0.05, 0.1) is 4.92 Å². The predicted molar refractivity (Wildman–Crippen MR) is 60.2 cm³/mol. The molecule has 0 aromatic carbocycles. The summed E-state index contributed by atoms with van der Waals surface area (Å²) in [5, 5.41) is 16.4. The summed E-state index contributed by atoms with van der Waals surface area (Å²) in [4.78, 5) is 13.8. The van der Waals surface area contributed by atoms with Gasteiger partial charge in [-0.3, -0.25) is 10.1 Å². The fraction of sp³-hybridized carbons (Fsp3) is 0.125. The van der Waals surface area contributed by atoms with Gasteiger partial charge < -0.3 is 5.84 Å². The van der Waals surface area contributed by atoms with E-state index >= 15 is 0 Å². The van der Waals surface area contributed by atoms with E-state index in [1.165, 1.54) is 12.3 Å². The van der Waals surface area contributed by atoms with Gasteiger partial charge >= 0.3 is 11.9 Å². The summed E-state index contributed by atoms with van der Waals surface area (Å²) in [7, 11) is 0. The molecule has 0 aliphatic heterocycles. The van der Waals surface area contributed by atoms with Crippen LogP contribution < -0.4 is 5.84 Å². The first-order valence-corrected chi connectivity index (χ1v) is 5.67. The second-order valence-corrected chi connectivity index (χ2v) is 4.32. The Morgan fingerprint density at radius 1 is 1.40 bits per heavy atom. The zero-order valence-corrected chi connectivity index (χ0v) is 10.2. The van der Waals surface area contributed by atoms with E-state index in [-0.39, 0.29) is 20.5 Å². The van der Waals surface area contributed by atoms with Crippen molar-refractivity contribution >= 4 is 17.4 Å². The van der Waals surface area contributed by atoms with E-state index in [2.05, 4.69) is 15.2 Å². The third-order valence-electron chi connectivity index (χ3n) is 2.05. The Labute approximate surface area is 112 Å². The van der Waals surface area contributed by atoms with Crippen LogP contribution in [0.4, 0.5) is 18.9 Å². The minimum Gasteiger partial charge on any atom is -0.335 e. The normalized spacial score (nSPS) is 11.6. The van der Waals surface area contributed by atoms with E-state index in [1.54, 1.807) is 0 Å². The molecular formula is C8H5F3N6O2S. The number of rotatable bonds is 3. The van der Waals surface area contributed by atoms with Crippen molar-refractivity contribution in [2.75, 3.05) is 5.84 Å². The smallest absolute Gasteiger partial charge is 0.335 e. The summed E-state index contributed by atoms with van der Waals surface area (Å²) < 4.78 is 37.6. The van der Waals surface area contributed by atoms with Gasteiger partial charge in [-0.05, 0) is 17.8 Å². The van der Waals surface area contributed by atoms with Crippen LogP contribution in [0, 0.1) is 10.1 Å². The lowest BCUT2D eigenvalue weighted by molar-refractivity contribution is -0.388. The molecule has 0 bridgehead atoms. The molecule has 0 atom stereocenters. The Bertz CT molecular complexity index is 658. The molecule has 2 aromatic heterocycles. The fourth-order valence-electron chi connectivity index (χ4n) is 1.23. The number of nitrogens with zero attached hydrogens (tertiary/aromatic N) is 5. The molecule has 0 aliphatic rings. The van der Waals surface area contributed by atoms with Crippen LogP contribution in [-0.2, 0) is 6.18 Å². The molecule has 2 aromatic rings. The molecule has 106 valence electrons. The Morgan fingerprint density at radius 3 is 2.65 bits per heavy atom. The lowest BCUT2D eigenvalue weighted by Crippen LogP contribution is -2.21. The Hall–Kier alpha value is -2.37. The van der Waals surface area contributed by atoms with Crippen molar-refractivity contribution < 1.29 is 18.1 Å². The molecule has 0 saturated heterocycles. The number of nitrogen functional groups attached to an aromatic ring is 1. The maximum atomic E-state index is 12.5. The first-order valence-electron chi connectivity index (χ1n) is 4.85. The highest BCUT2D eigenvalue weighted by atomic mass is 32.2. The van der Waals surface area contributed by atoms with E-state index in [1.807, 2.05) is 0 Å². The van der Waals surface area contributed by atoms with Crippen molar-refractivity contribution in [2.24, 2.45) is 0 Å². The summed E-state index contributed by atoms with van der Waals surface area (Å²) in [6.45, 7) is 0. The molecule has 0 fully saturated rings. The van der Waals surface area contributed by atoms with Crippen LogP contribution in [0.15, 0.2) is 28.5 Å². The largest absolute Gasteiger partial charge is 0.453 e. The van der Waals surface area contributed by atoms with E-state index < -0.39 is 16.9 Å². The molecule has 8 nitrogen and oxygen atoms in total. The van der Waals surface area contributed by atoms with Crippen LogP contribution in [-0.4, -0.2) is 24.8 Å². The summed E-state index contributed by atoms with van der Waals surface area (Å²) in [5.41, 5.74) is -0.367. The number of pyridine rings is 1. The lowest BCUT2D eigenvalue weighted by atomic mass is 10.4. The molecular weight excluding hydrogens is 301 g/mol. The van der Waals surface area contributed by atoms with E-state index in [0.717, 1.165) is 6.07 Å². The number of hydrogen-bond acceptors (Lipinski definition) is 7. The summed E-state index contributed by atoms with van der Waals surface area (Å²) in [5.74, 6) is 3.81. The third-order valence-corrected chi connectivity index (χ3v) is 3.02.